The molecule has 2 N–H and O–H groups in total. The molecule has 1 fully saturated rings. The van der Waals surface area contributed by atoms with Gasteiger partial charge in [0.1, 0.15) is 0 Å². The highest BCUT2D eigenvalue weighted by Gasteiger charge is 2.24. The van der Waals surface area contributed by atoms with Crippen LogP contribution in [0.1, 0.15) is 19.3 Å². The fourth-order valence-corrected chi connectivity index (χ4v) is 2.21. The minimum absolute atomic E-state index is 0.141. The predicted molar refractivity (Wildman–Crippen MR) is 63.7 cm³/mol. The lowest BCUT2D eigenvalue weighted by atomic mass is 10.2. The second-order valence-corrected chi connectivity index (χ2v) is 4.69. The van der Waals surface area contributed by atoms with Gasteiger partial charge < -0.3 is 10.4 Å². The van der Waals surface area contributed by atoms with Crippen LogP contribution in [0.3, 0.4) is 0 Å². The number of hydrogen-bond acceptors (Lipinski definition) is 2. The standard InChI is InChI=1S/C11H13Cl2NO/c12-8-5-4-7(6-9(8)13)14-10-2-1-3-11(10)15/h4-6,10-11,14-15H,1-3H2/t10-,11-/m1/s1. The van der Waals surface area contributed by atoms with Crippen LogP contribution in [0.15, 0.2) is 18.2 Å². The van der Waals surface area contributed by atoms with Gasteiger partial charge in [-0.15, -0.1) is 0 Å². The van der Waals surface area contributed by atoms with Crippen LogP contribution in [0, 0.1) is 0 Å². The van der Waals surface area contributed by atoms with Gasteiger partial charge in [0.15, 0.2) is 0 Å². The molecule has 0 spiro atoms. The molecule has 0 unspecified atom stereocenters. The van der Waals surface area contributed by atoms with Crippen molar-refractivity contribution < 1.29 is 5.11 Å². The second-order valence-electron chi connectivity index (χ2n) is 3.88. The van der Waals surface area contributed by atoms with Crippen molar-refractivity contribution in [1.29, 1.82) is 0 Å². The quantitative estimate of drug-likeness (QED) is 0.838. The average Bonchev–Trinajstić information content (AvgIpc) is 2.59. The third kappa shape index (κ3) is 2.57. The fourth-order valence-electron chi connectivity index (χ4n) is 1.91. The zero-order chi connectivity index (χ0) is 10.8. The predicted octanol–water partition coefficient (Wildman–Crippen LogP) is 3.32. The molecular weight excluding hydrogens is 233 g/mol. The van der Waals surface area contributed by atoms with Crippen molar-refractivity contribution in [1.82, 2.24) is 0 Å². The number of rotatable bonds is 2. The van der Waals surface area contributed by atoms with Crippen LogP contribution in [0.25, 0.3) is 0 Å². The van der Waals surface area contributed by atoms with Crippen LogP contribution in [0.5, 0.6) is 0 Å². The smallest absolute Gasteiger partial charge is 0.0741 e. The molecule has 2 nitrogen and oxygen atoms in total. The van der Waals surface area contributed by atoms with Crippen LogP contribution in [-0.2, 0) is 0 Å². The van der Waals surface area contributed by atoms with Gasteiger partial charge in [-0.3, -0.25) is 0 Å². The Bertz CT molecular complexity index is 356. The third-order valence-electron chi connectivity index (χ3n) is 2.75. The largest absolute Gasteiger partial charge is 0.391 e. The summed E-state index contributed by atoms with van der Waals surface area (Å²) in [5, 5.41) is 14.0. The first-order valence-electron chi connectivity index (χ1n) is 5.06. The van der Waals surface area contributed by atoms with Crippen molar-refractivity contribution in [2.45, 2.75) is 31.4 Å². The minimum atomic E-state index is -0.251. The average molecular weight is 246 g/mol. The van der Waals surface area contributed by atoms with Gasteiger partial charge in [-0.25, -0.2) is 0 Å². The summed E-state index contributed by atoms with van der Waals surface area (Å²) in [5.41, 5.74) is 0.912. The van der Waals surface area contributed by atoms with E-state index in [2.05, 4.69) is 5.32 Å². The normalized spacial score (nSPS) is 25.5. The molecule has 0 bridgehead atoms. The van der Waals surface area contributed by atoms with Gasteiger partial charge in [0.25, 0.3) is 0 Å². The van der Waals surface area contributed by atoms with E-state index in [1.165, 1.54) is 0 Å². The maximum atomic E-state index is 9.65. The van der Waals surface area contributed by atoms with Gasteiger partial charge in [-0.1, -0.05) is 23.2 Å². The van der Waals surface area contributed by atoms with E-state index in [4.69, 9.17) is 23.2 Å². The molecule has 1 aromatic rings. The topological polar surface area (TPSA) is 32.3 Å². The van der Waals surface area contributed by atoms with E-state index >= 15 is 0 Å². The Labute approximate surface area is 99.2 Å². The number of halogens is 2. The first-order chi connectivity index (χ1) is 7.16. The van der Waals surface area contributed by atoms with E-state index in [9.17, 15) is 5.11 Å². The van der Waals surface area contributed by atoms with Crippen LogP contribution in [0.2, 0.25) is 10.0 Å². The van der Waals surface area contributed by atoms with Crippen molar-refractivity contribution >= 4 is 28.9 Å². The van der Waals surface area contributed by atoms with E-state index in [1.807, 2.05) is 6.07 Å². The molecule has 0 heterocycles. The summed E-state index contributed by atoms with van der Waals surface area (Å²) in [5.74, 6) is 0. The lowest BCUT2D eigenvalue weighted by Gasteiger charge is -2.18. The first kappa shape index (κ1) is 11.1. The molecule has 82 valence electrons. The molecule has 0 radical (unpaired) electrons. The monoisotopic (exact) mass is 245 g/mol. The van der Waals surface area contributed by atoms with E-state index < -0.39 is 0 Å². The zero-order valence-corrected chi connectivity index (χ0v) is 9.72. The SMILES string of the molecule is O[C@@H]1CCC[C@H]1Nc1ccc(Cl)c(Cl)c1. The molecule has 4 heteroatoms. The van der Waals surface area contributed by atoms with Crippen LogP contribution >= 0.6 is 23.2 Å². The molecule has 1 aliphatic rings. The number of nitrogens with one attached hydrogen (secondary N) is 1. The number of hydrogen-bond donors (Lipinski definition) is 2. The van der Waals surface area contributed by atoms with Crippen molar-refractivity contribution in [2.24, 2.45) is 0 Å². The maximum Gasteiger partial charge on any atom is 0.0741 e. The summed E-state index contributed by atoms with van der Waals surface area (Å²) >= 11 is 11.7. The Morgan fingerprint density at radius 1 is 1.20 bits per heavy atom. The number of anilines is 1. The molecule has 1 saturated carbocycles. The number of benzene rings is 1. The lowest BCUT2D eigenvalue weighted by molar-refractivity contribution is 0.172. The number of aliphatic hydroxyl groups excluding tert-OH is 1. The highest BCUT2D eigenvalue weighted by Crippen LogP contribution is 2.28. The Morgan fingerprint density at radius 2 is 2.00 bits per heavy atom. The molecule has 1 aliphatic carbocycles. The summed E-state index contributed by atoms with van der Waals surface area (Å²) < 4.78 is 0. The molecule has 0 aromatic heterocycles. The van der Waals surface area contributed by atoms with E-state index in [-0.39, 0.29) is 12.1 Å². The summed E-state index contributed by atoms with van der Waals surface area (Å²) in [6, 6.07) is 5.56. The molecule has 2 atom stereocenters. The molecule has 0 amide bonds. The Balaban J connectivity index is 2.07. The molecule has 0 aliphatic heterocycles. The minimum Gasteiger partial charge on any atom is -0.391 e. The Hall–Kier alpha value is -0.440. The van der Waals surface area contributed by atoms with E-state index in [1.54, 1.807) is 12.1 Å². The van der Waals surface area contributed by atoms with Gasteiger partial charge in [0.2, 0.25) is 0 Å². The summed E-state index contributed by atoms with van der Waals surface area (Å²) in [6.45, 7) is 0. The highest BCUT2D eigenvalue weighted by atomic mass is 35.5. The summed E-state index contributed by atoms with van der Waals surface area (Å²) in [7, 11) is 0. The lowest BCUT2D eigenvalue weighted by Crippen LogP contribution is -2.27. The zero-order valence-electron chi connectivity index (χ0n) is 8.21. The highest BCUT2D eigenvalue weighted by molar-refractivity contribution is 6.42. The van der Waals surface area contributed by atoms with E-state index in [0.29, 0.717) is 10.0 Å². The van der Waals surface area contributed by atoms with Crippen LogP contribution in [0.4, 0.5) is 5.69 Å². The third-order valence-corrected chi connectivity index (χ3v) is 3.49. The van der Waals surface area contributed by atoms with Gasteiger partial charge in [0, 0.05) is 5.69 Å². The molecule has 0 saturated heterocycles. The first-order valence-corrected chi connectivity index (χ1v) is 5.82. The van der Waals surface area contributed by atoms with Gasteiger partial charge >= 0.3 is 0 Å². The van der Waals surface area contributed by atoms with Crippen molar-refractivity contribution in [3.63, 3.8) is 0 Å². The summed E-state index contributed by atoms with van der Waals surface area (Å²) in [4.78, 5) is 0. The molecule has 2 rings (SSSR count). The molecule has 15 heavy (non-hydrogen) atoms. The summed E-state index contributed by atoms with van der Waals surface area (Å²) in [6.07, 6.45) is 2.69. The van der Waals surface area contributed by atoms with Crippen molar-refractivity contribution in [2.75, 3.05) is 5.32 Å². The van der Waals surface area contributed by atoms with E-state index in [0.717, 1.165) is 24.9 Å². The maximum absolute atomic E-state index is 9.65. The second kappa shape index (κ2) is 4.60. The van der Waals surface area contributed by atoms with Crippen LogP contribution < -0.4 is 5.32 Å². The fraction of sp³-hybridized carbons (Fsp3) is 0.455. The van der Waals surface area contributed by atoms with Crippen molar-refractivity contribution in [3.8, 4) is 0 Å². The Morgan fingerprint density at radius 3 is 2.60 bits per heavy atom. The van der Waals surface area contributed by atoms with Crippen LogP contribution in [-0.4, -0.2) is 17.3 Å². The van der Waals surface area contributed by atoms with Gasteiger partial charge in [-0.2, -0.15) is 0 Å². The molecular formula is C11H13Cl2NO. The Kier molecular flexibility index (Phi) is 3.39. The van der Waals surface area contributed by atoms with Gasteiger partial charge in [0.05, 0.1) is 22.2 Å². The molecule has 1 aromatic carbocycles. The van der Waals surface area contributed by atoms with Gasteiger partial charge in [-0.05, 0) is 37.5 Å². The van der Waals surface area contributed by atoms with Crippen molar-refractivity contribution in [3.05, 3.63) is 28.2 Å². The number of aliphatic hydroxyl groups is 1.